The second-order valence-corrected chi connectivity index (χ2v) is 5.55. The SMILES string of the molecule is CCCNS(=O)(=O)c1cc(CNCC)oc1C. The first-order valence-corrected chi connectivity index (χ1v) is 7.29. The van der Waals surface area contributed by atoms with Gasteiger partial charge in [-0.1, -0.05) is 13.8 Å². The fourth-order valence-corrected chi connectivity index (χ4v) is 2.78. The van der Waals surface area contributed by atoms with Crippen molar-refractivity contribution in [2.75, 3.05) is 13.1 Å². The first-order valence-electron chi connectivity index (χ1n) is 5.81. The van der Waals surface area contributed by atoms with E-state index in [1.807, 2.05) is 13.8 Å². The second-order valence-electron chi connectivity index (χ2n) is 3.81. The molecule has 0 saturated heterocycles. The van der Waals surface area contributed by atoms with Gasteiger partial charge in [-0.3, -0.25) is 0 Å². The smallest absolute Gasteiger partial charge is 0.244 e. The van der Waals surface area contributed by atoms with E-state index in [-0.39, 0.29) is 4.90 Å². The van der Waals surface area contributed by atoms with Gasteiger partial charge in [-0.05, 0) is 19.9 Å². The van der Waals surface area contributed by atoms with E-state index in [2.05, 4.69) is 10.0 Å². The highest BCUT2D eigenvalue weighted by molar-refractivity contribution is 7.89. The Morgan fingerprint density at radius 2 is 2.06 bits per heavy atom. The number of hydrogen-bond donors (Lipinski definition) is 2. The van der Waals surface area contributed by atoms with Crippen molar-refractivity contribution in [2.24, 2.45) is 0 Å². The Morgan fingerprint density at radius 1 is 1.35 bits per heavy atom. The summed E-state index contributed by atoms with van der Waals surface area (Å²) in [5, 5.41) is 3.09. The average Bonchev–Trinajstić information content (AvgIpc) is 2.66. The summed E-state index contributed by atoms with van der Waals surface area (Å²) in [6.45, 7) is 7.36. The van der Waals surface area contributed by atoms with Crippen molar-refractivity contribution in [1.29, 1.82) is 0 Å². The molecule has 0 aliphatic heterocycles. The van der Waals surface area contributed by atoms with E-state index in [9.17, 15) is 8.42 Å². The van der Waals surface area contributed by atoms with Crippen LogP contribution in [-0.2, 0) is 16.6 Å². The number of sulfonamides is 1. The van der Waals surface area contributed by atoms with Gasteiger partial charge in [-0.2, -0.15) is 0 Å². The maximum absolute atomic E-state index is 11.9. The van der Waals surface area contributed by atoms with Crippen molar-refractivity contribution in [3.63, 3.8) is 0 Å². The van der Waals surface area contributed by atoms with E-state index < -0.39 is 10.0 Å². The van der Waals surface area contributed by atoms with Crippen molar-refractivity contribution in [2.45, 2.75) is 38.6 Å². The summed E-state index contributed by atoms with van der Waals surface area (Å²) in [4.78, 5) is 0.235. The van der Waals surface area contributed by atoms with Crippen LogP contribution in [0.1, 0.15) is 31.8 Å². The summed E-state index contributed by atoms with van der Waals surface area (Å²) < 4.78 is 31.7. The highest BCUT2D eigenvalue weighted by Crippen LogP contribution is 2.19. The zero-order chi connectivity index (χ0) is 12.9. The number of aryl methyl sites for hydroxylation is 1. The Bertz CT molecular complexity index is 451. The molecule has 1 rings (SSSR count). The van der Waals surface area contributed by atoms with Crippen molar-refractivity contribution in [3.8, 4) is 0 Å². The molecule has 0 unspecified atom stereocenters. The topological polar surface area (TPSA) is 71.3 Å². The summed E-state index contributed by atoms with van der Waals surface area (Å²) in [7, 11) is -3.43. The molecule has 0 atom stereocenters. The Kier molecular flexibility index (Phi) is 5.17. The third kappa shape index (κ3) is 3.83. The summed E-state index contributed by atoms with van der Waals surface area (Å²) >= 11 is 0. The monoisotopic (exact) mass is 260 g/mol. The zero-order valence-electron chi connectivity index (χ0n) is 10.5. The fourth-order valence-electron chi connectivity index (χ4n) is 1.44. The number of rotatable bonds is 7. The second kappa shape index (κ2) is 6.18. The molecule has 98 valence electrons. The predicted molar refractivity (Wildman–Crippen MR) is 66.3 cm³/mol. The van der Waals surface area contributed by atoms with Gasteiger partial charge in [0.25, 0.3) is 0 Å². The van der Waals surface area contributed by atoms with E-state index in [1.165, 1.54) is 0 Å². The Labute approximate surface area is 103 Å². The molecule has 0 aliphatic carbocycles. The molecule has 1 aromatic heterocycles. The Morgan fingerprint density at radius 3 is 2.65 bits per heavy atom. The van der Waals surface area contributed by atoms with Gasteiger partial charge < -0.3 is 9.73 Å². The van der Waals surface area contributed by atoms with Crippen LogP contribution in [0.2, 0.25) is 0 Å². The molecule has 0 saturated carbocycles. The molecule has 0 aliphatic rings. The summed E-state index contributed by atoms with van der Waals surface area (Å²) in [6.07, 6.45) is 0.764. The lowest BCUT2D eigenvalue weighted by atomic mass is 10.4. The Hall–Kier alpha value is -0.850. The van der Waals surface area contributed by atoms with Crippen LogP contribution in [0.4, 0.5) is 0 Å². The van der Waals surface area contributed by atoms with Crippen molar-refractivity contribution in [3.05, 3.63) is 17.6 Å². The van der Waals surface area contributed by atoms with Gasteiger partial charge in [-0.25, -0.2) is 13.1 Å². The molecule has 0 radical (unpaired) electrons. The highest BCUT2D eigenvalue weighted by Gasteiger charge is 2.20. The third-order valence-corrected chi connectivity index (χ3v) is 3.87. The molecule has 0 amide bonds. The van der Waals surface area contributed by atoms with Crippen LogP contribution >= 0.6 is 0 Å². The molecule has 1 heterocycles. The highest BCUT2D eigenvalue weighted by atomic mass is 32.2. The van der Waals surface area contributed by atoms with E-state index in [0.29, 0.717) is 24.6 Å². The molecule has 5 nitrogen and oxygen atoms in total. The number of hydrogen-bond acceptors (Lipinski definition) is 4. The van der Waals surface area contributed by atoms with Gasteiger partial charge in [-0.15, -0.1) is 0 Å². The van der Waals surface area contributed by atoms with Crippen molar-refractivity contribution < 1.29 is 12.8 Å². The van der Waals surface area contributed by atoms with Crippen molar-refractivity contribution in [1.82, 2.24) is 10.0 Å². The summed E-state index contributed by atoms with van der Waals surface area (Å²) in [6, 6.07) is 1.58. The van der Waals surface area contributed by atoms with Gasteiger partial charge in [0, 0.05) is 12.6 Å². The molecule has 17 heavy (non-hydrogen) atoms. The molecule has 0 aromatic carbocycles. The molecule has 0 fully saturated rings. The van der Waals surface area contributed by atoms with Gasteiger partial charge in [0.2, 0.25) is 10.0 Å². The van der Waals surface area contributed by atoms with Crippen molar-refractivity contribution >= 4 is 10.0 Å². The van der Waals surface area contributed by atoms with Crippen LogP contribution in [0.25, 0.3) is 0 Å². The predicted octanol–water partition coefficient (Wildman–Crippen LogP) is 1.39. The lowest BCUT2D eigenvalue weighted by Crippen LogP contribution is -2.24. The summed E-state index contributed by atoms with van der Waals surface area (Å²) in [5.74, 6) is 1.07. The number of nitrogens with one attached hydrogen (secondary N) is 2. The van der Waals surface area contributed by atoms with E-state index in [0.717, 1.165) is 13.0 Å². The first-order chi connectivity index (χ1) is 8.01. The van der Waals surface area contributed by atoms with E-state index in [4.69, 9.17) is 4.42 Å². The molecule has 2 N–H and O–H groups in total. The van der Waals surface area contributed by atoms with Gasteiger partial charge in [0.1, 0.15) is 16.4 Å². The molecule has 0 spiro atoms. The van der Waals surface area contributed by atoms with Crippen LogP contribution in [0, 0.1) is 6.92 Å². The van der Waals surface area contributed by atoms with E-state index in [1.54, 1.807) is 13.0 Å². The fraction of sp³-hybridized carbons (Fsp3) is 0.636. The van der Waals surface area contributed by atoms with Crippen LogP contribution in [0.15, 0.2) is 15.4 Å². The molecule has 6 heteroatoms. The standard InChI is InChI=1S/C11H20N2O3S/c1-4-6-13-17(14,15)11-7-10(8-12-5-2)16-9(11)3/h7,12-13H,4-6,8H2,1-3H3. The average molecular weight is 260 g/mol. The van der Waals surface area contributed by atoms with Crippen LogP contribution in [0.5, 0.6) is 0 Å². The minimum absolute atomic E-state index is 0.235. The lowest BCUT2D eigenvalue weighted by molar-refractivity contribution is 0.460. The Balaban J connectivity index is 2.86. The lowest BCUT2D eigenvalue weighted by Gasteiger charge is -2.02. The minimum atomic E-state index is -3.43. The molecule has 0 bridgehead atoms. The van der Waals surface area contributed by atoms with Gasteiger partial charge in [0.15, 0.2) is 0 Å². The van der Waals surface area contributed by atoms with Crippen LogP contribution < -0.4 is 10.0 Å². The molecular formula is C11H20N2O3S. The maximum atomic E-state index is 11.9. The third-order valence-electron chi connectivity index (χ3n) is 2.30. The van der Waals surface area contributed by atoms with Crippen LogP contribution in [-0.4, -0.2) is 21.5 Å². The van der Waals surface area contributed by atoms with E-state index >= 15 is 0 Å². The molecular weight excluding hydrogens is 240 g/mol. The van der Waals surface area contributed by atoms with Crippen LogP contribution in [0.3, 0.4) is 0 Å². The number of furan rings is 1. The largest absolute Gasteiger partial charge is 0.464 e. The summed E-state index contributed by atoms with van der Waals surface area (Å²) in [5.41, 5.74) is 0. The minimum Gasteiger partial charge on any atom is -0.464 e. The quantitative estimate of drug-likeness (QED) is 0.777. The van der Waals surface area contributed by atoms with Gasteiger partial charge >= 0.3 is 0 Å². The molecule has 1 aromatic rings. The first kappa shape index (κ1) is 14.2. The maximum Gasteiger partial charge on any atom is 0.244 e. The zero-order valence-corrected chi connectivity index (χ0v) is 11.4. The van der Waals surface area contributed by atoms with Gasteiger partial charge in [0.05, 0.1) is 6.54 Å². The normalized spacial score (nSPS) is 11.9.